The highest BCUT2D eigenvalue weighted by molar-refractivity contribution is 5.27. The van der Waals surface area contributed by atoms with Crippen LogP contribution in [0.15, 0.2) is 0 Å². The quantitative estimate of drug-likeness (QED) is 0.760. The van der Waals surface area contributed by atoms with Crippen molar-refractivity contribution < 1.29 is 18.3 Å². The predicted molar refractivity (Wildman–Crippen MR) is 54.9 cm³/mol. The Morgan fingerprint density at radius 2 is 2.47 bits per heavy atom. The molecule has 1 atom stereocenters. The summed E-state index contributed by atoms with van der Waals surface area (Å²) >= 11 is 0. The lowest BCUT2D eigenvalue weighted by atomic mass is 10.3. The van der Waals surface area contributed by atoms with Gasteiger partial charge in [-0.25, -0.2) is 9.66 Å². The molecule has 0 saturated heterocycles. The first-order valence-corrected chi connectivity index (χ1v) is 5.34. The van der Waals surface area contributed by atoms with Crippen LogP contribution < -0.4 is 16.3 Å². The van der Waals surface area contributed by atoms with Gasteiger partial charge in [0.15, 0.2) is 6.23 Å². The Balaban J connectivity index is 1.95. The Bertz CT molecular complexity index is 540. The second-order valence-corrected chi connectivity index (χ2v) is 3.83. The summed E-state index contributed by atoms with van der Waals surface area (Å²) in [6.45, 7) is -2.19. The van der Waals surface area contributed by atoms with Crippen molar-refractivity contribution >= 4 is 12.3 Å². The van der Waals surface area contributed by atoms with Crippen molar-refractivity contribution in [2.75, 3.05) is 12.0 Å². The molecule has 7 heteroatoms. The molecule has 2 aliphatic heterocycles. The third kappa shape index (κ3) is 1.86. The van der Waals surface area contributed by atoms with Gasteiger partial charge in [0.2, 0.25) is 0 Å². The highest BCUT2D eigenvalue weighted by atomic mass is 19.3. The maximum atomic E-state index is 12.1. The van der Waals surface area contributed by atoms with E-state index in [9.17, 15) is 8.78 Å². The molecule has 0 bridgehead atoms. The molecular weight excluding hydrogens is 232 g/mol. The number of halogens is 2. The number of ether oxygens (including phenoxy) is 2. The number of imidazole rings is 1. The average Bonchev–Trinajstić information content (AvgIpc) is 2.66. The number of rotatable bonds is 2. The van der Waals surface area contributed by atoms with Crippen LogP contribution in [0, 0.1) is 0 Å². The number of alkyl halides is 2. The van der Waals surface area contributed by atoms with Gasteiger partial charge in [0.25, 0.3) is 0 Å². The monoisotopic (exact) mass is 243 g/mol. The van der Waals surface area contributed by atoms with Gasteiger partial charge in [0, 0.05) is 12.8 Å². The van der Waals surface area contributed by atoms with E-state index in [1.54, 1.807) is 17.0 Å². The molecule has 3 heterocycles. The van der Waals surface area contributed by atoms with Crippen LogP contribution in [-0.2, 0) is 15.9 Å². The Morgan fingerprint density at radius 3 is 3.29 bits per heavy atom. The molecule has 1 N–H and O–H groups in total. The number of hydrogen-bond acceptors (Lipinski definition) is 4. The van der Waals surface area contributed by atoms with E-state index in [2.05, 4.69) is 15.1 Å². The maximum absolute atomic E-state index is 12.1. The van der Waals surface area contributed by atoms with Crippen molar-refractivity contribution in [2.45, 2.75) is 25.7 Å². The summed E-state index contributed by atoms with van der Waals surface area (Å²) in [5, 5.41) is 0.769. The summed E-state index contributed by atoms with van der Waals surface area (Å²) < 4.78 is 35.5. The first-order chi connectivity index (χ1) is 8.24. The molecule has 0 aromatic carbocycles. The molecule has 0 aliphatic carbocycles. The van der Waals surface area contributed by atoms with Gasteiger partial charge in [-0.05, 0) is 6.08 Å². The van der Waals surface area contributed by atoms with Crippen molar-refractivity contribution in [3.8, 4) is 0 Å². The lowest BCUT2D eigenvalue weighted by Gasteiger charge is -2.22. The van der Waals surface area contributed by atoms with Crippen LogP contribution in [-0.4, -0.2) is 29.1 Å². The van der Waals surface area contributed by atoms with E-state index in [1.165, 1.54) is 0 Å². The zero-order chi connectivity index (χ0) is 11.8. The zero-order valence-electron chi connectivity index (χ0n) is 8.90. The van der Waals surface area contributed by atoms with Gasteiger partial charge >= 0.3 is 6.61 Å². The number of aromatic nitrogens is 2. The first-order valence-electron chi connectivity index (χ1n) is 5.34. The highest BCUT2D eigenvalue weighted by Gasteiger charge is 2.20. The van der Waals surface area contributed by atoms with Gasteiger partial charge < -0.3 is 4.74 Å². The van der Waals surface area contributed by atoms with E-state index in [0.29, 0.717) is 18.5 Å². The van der Waals surface area contributed by atoms with Crippen molar-refractivity contribution in [1.82, 2.24) is 9.66 Å². The zero-order valence-corrected chi connectivity index (χ0v) is 8.90. The molecule has 0 fully saturated rings. The minimum Gasteiger partial charge on any atom is -0.498 e. The van der Waals surface area contributed by atoms with E-state index in [1.807, 2.05) is 0 Å². The van der Waals surface area contributed by atoms with Gasteiger partial charge in [-0.2, -0.15) is 8.78 Å². The van der Waals surface area contributed by atoms with E-state index in [0.717, 1.165) is 17.5 Å². The fourth-order valence-corrected chi connectivity index (χ4v) is 1.99. The molecular formula is C10H11F2N3O2. The third-order valence-electron chi connectivity index (χ3n) is 2.72. The molecule has 17 heavy (non-hydrogen) atoms. The van der Waals surface area contributed by atoms with Crippen LogP contribution in [0.5, 0.6) is 0 Å². The van der Waals surface area contributed by atoms with Crippen LogP contribution in [0.3, 0.4) is 0 Å². The van der Waals surface area contributed by atoms with E-state index in [4.69, 9.17) is 4.74 Å². The van der Waals surface area contributed by atoms with E-state index in [-0.39, 0.29) is 0 Å². The summed E-state index contributed by atoms with van der Waals surface area (Å²) in [5.41, 5.74) is 4.47. The van der Waals surface area contributed by atoms with Crippen LogP contribution in [0.1, 0.15) is 12.1 Å². The summed E-state index contributed by atoms with van der Waals surface area (Å²) in [7, 11) is 0. The second kappa shape index (κ2) is 3.99. The normalized spacial score (nSPS) is 21.7. The van der Waals surface area contributed by atoms with Crippen LogP contribution in [0.25, 0.3) is 12.3 Å². The van der Waals surface area contributed by atoms with Crippen LogP contribution in [0.4, 0.5) is 8.78 Å². The fourth-order valence-electron chi connectivity index (χ4n) is 1.99. The predicted octanol–water partition coefficient (Wildman–Crippen LogP) is -0.513. The van der Waals surface area contributed by atoms with Crippen molar-refractivity contribution in [1.29, 1.82) is 0 Å². The lowest BCUT2D eigenvalue weighted by Crippen LogP contribution is -2.46. The minimum atomic E-state index is -2.79. The van der Waals surface area contributed by atoms with Gasteiger partial charge in [0.05, 0.1) is 12.3 Å². The molecule has 5 nitrogen and oxygen atoms in total. The Hall–Kier alpha value is -1.63. The molecule has 1 aromatic rings. The topological polar surface area (TPSA) is 48.3 Å². The number of nitrogens with zero attached hydrogens (tertiary/aromatic N) is 2. The van der Waals surface area contributed by atoms with E-state index >= 15 is 0 Å². The number of nitrogens with one attached hydrogen (secondary N) is 1. The standard InChI is InChI=1S/C10H11F2N3O2/c11-10(12)17-9-2-1-8-13-6-3-4-16-5-7(6)15(8)14-9/h1,5,9-10,14H,2-4H2. The molecule has 3 rings (SSSR count). The third-order valence-corrected chi connectivity index (χ3v) is 2.72. The summed E-state index contributed by atoms with van der Waals surface area (Å²) in [6, 6.07) is 0. The maximum Gasteiger partial charge on any atom is 0.347 e. The summed E-state index contributed by atoms with van der Waals surface area (Å²) in [5.74, 6) is 0. The Kier molecular flexibility index (Phi) is 2.47. The van der Waals surface area contributed by atoms with Crippen LogP contribution in [0.2, 0.25) is 0 Å². The van der Waals surface area contributed by atoms with Gasteiger partial charge in [0.1, 0.15) is 17.1 Å². The second-order valence-electron chi connectivity index (χ2n) is 3.83. The highest BCUT2D eigenvalue weighted by Crippen LogP contribution is 2.07. The van der Waals surface area contributed by atoms with E-state index < -0.39 is 12.8 Å². The molecule has 1 aromatic heterocycles. The lowest BCUT2D eigenvalue weighted by molar-refractivity contribution is -0.156. The number of fused-ring (bicyclic) bond motifs is 3. The smallest absolute Gasteiger partial charge is 0.347 e. The summed E-state index contributed by atoms with van der Waals surface area (Å²) in [6.07, 6.45) is 3.70. The van der Waals surface area contributed by atoms with Gasteiger partial charge in [-0.3, -0.25) is 10.2 Å². The van der Waals surface area contributed by atoms with Gasteiger partial charge in [-0.15, -0.1) is 0 Å². The molecule has 0 radical (unpaired) electrons. The van der Waals surface area contributed by atoms with Crippen molar-refractivity contribution in [3.05, 3.63) is 16.5 Å². The van der Waals surface area contributed by atoms with Crippen molar-refractivity contribution in [3.63, 3.8) is 0 Å². The summed E-state index contributed by atoms with van der Waals surface area (Å²) in [4.78, 5) is 4.40. The number of hydrogen-bond donors (Lipinski definition) is 1. The Labute approximate surface area is 95.3 Å². The SMILES string of the molecule is FC(F)OC1CC=c2nc3c(n2N1)=COCC3. The fraction of sp³-hybridized carbons (Fsp3) is 0.500. The Morgan fingerprint density at radius 1 is 1.59 bits per heavy atom. The molecule has 0 amide bonds. The molecule has 0 saturated carbocycles. The molecule has 1 unspecified atom stereocenters. The molecule has 92 valence electrons. The van der Waals surface area contributed by atoms with Crippen molar-refractivity contribution in [2.24, 2.45) is 0 Å². The van der Waals surface area contributed by atoms with Gasteiger partial charge in [-0.1, -0.05) is 0 Å². The molecule has 2 aliphatic rings. The minimum absolute atomic E-state index is 0.362. The average molecular weight is 243 g/mol. The van der Waals surface area contributed by atoms with Crippen LogP contribution >= 0.6 is 0 Å². The first kappa shape index (κ1) is 10.5. The molecule has 0 spiro atoms. The largest absolute Gasteiger partial charge is 0.498 e.